The fourth-order valence-electron chi connectivity index (χ4n) is 2.69. The third kappa shape index (κ3) is 4.90. The van der Waals surface area contributed by atoms with Crippen molar-refractivity contribution in [1.82, 2.24) is 9.97 Å². The molecule has 1 aromatic heterocycles. The minimum atomic E-state index is 0.452. The molecule has 2 aromatic rings. The van der Waals surface area contributed by atoms with Crippen LogP contribution in [-0.2, 0) is 0 Å². The average molecular weight is 402 g/mol. The predicted octanol–water partition coefficient (Wildman–Crippen LogP) is 6.42. The monoisotopic (exact) mass is 400 g/mol. The smallest absolute Gasteiger partial charge is 0.139 e. The van der Waals surface area contributed by atoms with Crippen LogP contribution in [-0.4, -0.2) is 23.1 Å². The normalized spacial score (nSPS) is 10.8. The Kier molecular flexibility index (Phi) is 7.17. The standard InChI is InChI=1S/C18H23Cl3N4/c1-5-7-25(8-6-2)18-11(3)17(22-12(4)23-18)24-16-14(20)9-13(19)10-15(16)21/h9-10H,5-8H2,1-4H3,(H,22,23,24). The highest BCUT2D eigenvalue weighted by molar-refractivity contribution is 6.41. The van der Waals surface area contributed by atoms with Gasteiger partial charge in [0.1, 0.15) is 17.5 Å². The summed E-state index contributed by atoms with van der Waals surface area (Å²) in [5.41, 5.74) is 1.56. The lowest BCUT2D eigenvalue weighted by molar-refractivity contribution is 0.727. The third-order valence-corrected chi connectivity index (χ3v) is 4.58. The van der Waals surface area contributed by atoms with Crippen LogP contribution in [0.1, 0.15) is 38.1 Å². The summed E-state index contributed by atoms with van der Waals surface area (Å²) in [5.74, 6) is 2.34. The molecule has 25 heavy (non-hydrogen) atoms. The number of aryl methyl sites for hydroxylation is 1. The van der Waals surface area contributed by atoms with Gasteiger partial charge in [0.2, 0.25) is 0 Å². The van der Waals surface area contributed by atoms with Crippen molar-refractivity contribution in [3.63, 3.8) is 0 Å². The Balaban J connectivity index is 2.46. The number of hydrogen-bond acceptors (Lipinski definition) is 4. The fourth-order valence-corrected chi connectivity index (χ4v) is 3.60. The van der Waals surface area contributed by atoms with Crippen LogP contribution in [0.2, 0.25) is 15.1 Å². The summed E-state index contributed by atoms with van der Waals surface area (Å²) >= 11 is 18.6. The van der Waals surface area contributed by atoms with Gasteiger partial charge in [0.25, 0.3) is 0 Å². The molecule has 0 saturated carbocycles. The summed E-state index contributed by atoms with van der Waals surface area (Å²) in [4.78, 5) is 11.5. The minimum absolute atomic E-state index is 0.452. The lowest BCUT2D eigenvalue weighted by Crippen LogP contribution is -2.27. The van der Waals surface area contributed by atoms with Crippen molar-refractivity contribution in [1.29, 1.82) is 0 Å². The quantitative estimate of drug-likeness (QED) is 0.581. The first-order chi connectivity index (χ1) is 11.9. The fraction of sp³-hybridized carbons (Fsp3) is 0.444. The molecule has 0 amide bonds. The van der Waals surface area contributed by atoms with Gasteiger partial charge in [-0.1, -0.05) is 48.7 Å². The van der Waals surface area contributed by atoms with E-state index in [1.54, 1.807) is 12.1 Å². The van der Waals surface area contributed by atoms with Crippen molar-refractivity contribution in [3.05, 3.63) is 38.6 Å². The average Bonchev–Trinajstić information content (AvgIpc) is 2.53. The first kappa shape index (κ1) is 20.1. The lowest BCUT2D eigenvalue weighted by Gasteiger charge is -2.26. The molecule has 0 saturated heterocycles. The second kappa shape index (κ2) is 8.93. The third-order valence-electron chi connectivity index (χ3n) is 3.77. The van der Waals surface area contributed by atoms with Crippen LogP contribution in [0.5, 0.6) is 0 Å². The number of benzene rings is 1. The molecule has 136 valence electrons. The van der Waals surface area contributed by atoms with E-state index in [9.17, 15) is 0 Å². The molecule has 0 unspecified atom stereocenters. The van der Waals surface area contributed by atoms with Crippen LogP contribution in [0.15, 0.2) is 12.1 Å². The number of halogens is 3. The van der Waals surface area contributed by atoms with E-state index in [4.69, 9.17) is 34.8 Å². The number of nitrogens with zero attached hydrogens (tertiary/aromatic N) is 3. The Morgan fingerprint density at radius 3 is 2.04 bits per heavy atom. The maximum absolute atomic E-state index is 6.29. The molecule has 0 aliphatic rings. The number of rotatable bonds is 7. The number of anilines is 3. The molecule has 4 nitrogen and oxygen atoms in total. The molecule has 1 aromatic carbocycles. The Bertz CT molecular complexity index is 720. The molecule has 0 fully saturated rings. The topological polar surface area (TPSA) is 41.1 Å². The zero-order valence-electron chi connectivity index (χ0n) is 15.0. The molecule has 1 heterocycles. The van der Waals surface area contributed by atoms with E-state index in [-0.39, 0.29) is 0 Å². The van der Waals surface area contributed by atoms with Crippen molar-refractivity contribution in [3.8, 4) is 0 Å². The predicted molar refractivity (Wildman–Crippen MR) is 109 cm³/mol. The van der Waals surface area contributed by atoms with Gasteiger partial charge in [0.15, 0.2) is 0 Å². The molecule has 1 N–H and O–H groups in total. The first-order valence-corrected chi connectivity index (χ1v) is 9.52. The van der Waals surface area contributed by atoms with Gasteiger partial charge in [-0.25, -0.2) is 9.97 Å². The van der Waals surface area contributed by atoms with Crippen LogP contribution in [0.3, 0.4) is 0 Å². The van der Waals surface area contributed by atoms with Gasteiger partial charge in [-0.15, -0.1) is 0 Å². The Hall–Kier alpha value is -1.23. The highest BCUT2D eigenvalue weighted by Gasteiger charge is 2.17. The van der Waals surface area contributed by atoms with Crippen LogP contribution in [0.4, 0.5) is 17.3 Å². The number of nitrogens with one attached hydrogen (secondary N) is 1. The summed E-state index contributed by atoms with van der Waals surface area (Å²) in [5, 5.41) is 4.66. The lowest BCUT2D eigenvalue weighted by atomic mass is 10.2. The highest BCUT2D eigenvalue weighted by Crippen LogP contribution is 2.37. The molecular formula is C18H23Cl3N4. The van der Waals surface area contributed by atoms with Gasteiger partial charge >= 0.3 is 0 Å². The molecule has 7 heteroatoms. The molecular weight excluding hydrogens is 379 g/mol. The minimum Gasteiger partial charge on any atom is -0.356 e. The van der Waals surface area contributed by atoms with Crippen LogP contribution < -0.4 is 10.2 Å². The molecule has 0 spiro atoms. The molecule has 0 bridgehead atoms. The van der Waals surface area contributed by atoms with Crippen LogP contribution >= 0.6 is 34.8 Å². The van der Waals surface area contributed by atoms with Crippen LogP contribution in [0, 0.1) is 13.8 Å². The Morgan fingerprint density at radius 2 is 1.52 bits per heavy atom. The van der Waals surface area contributed by atoms with E-state index < -0.39 is 0 Å². The van der Waals surface area contributed by atoms with Crippen molar-refractivity contribution >= 4 is 52.1 Å². The maximum Gasteiger partial charge on any atom is 0.139 e. The van der Waals surface area contributed by atoms with Gasteiger partial charge in [-0.3, -0.25) is 0 Å². The molecule has 0 radical (unpaired) electrons. The second-order valence-corrected chi connectivity index (χ2v) is 7.18. The van der Waals surface area contributed by atoms with Crippen LogP contribution in [0.25, 0.3) is 0 Å². The summed E-state index contributed by atoms with van der Waals surface area (Å²) in [6.07, 6.45) is 2.11. The molecule has 0 aliphatic heterocycles. The van der Waals surface area contributed by atoms with E-state index >= 15 is 0 Å². The molecule has 0 atom stereocenters. The van der Waals surface area contributed by atoms with E-state index in [2.05, 4.69) is 34.0 Å². The zero-order chi connectivity index (χ0) is 18.6. The van der Waals surface area contributed by atoms with Gasteiger partial charge in [-0.2, -0.15) is 0 Å². The molecule has 0 aliphatic carbocycles. The summed E-state index contributed by atoms with van der Waals surface area (Å²) in [6.45, 7) is 10.1. The summed E-state index contributed by atoms with van der Waals surface area (Å²) in [7, 11) is 0. The SMILES string of the molecule is CCCN(CCC)c1nc(C)nc(Nc2c(Cl)cc(Cl)cc2Cl)c1C. The van der Waals surface area contributed by atoms with Crippen molar-refractivity contribution in [2.45, 2.75) is 40.5 Å². The van der Waals surface area contributed by atoms with E-state index in [0.29, 0.717) is 32.4 Å². The van der Waals surface area contributed by atoms with Gasteiger partial charge in [0, 0.05) is 23.7 Å². The first-order valence-electron chi connectivity index (χ1n) is 8.39. The number of hydrogen-bond donors (Lipinski definition) is 1. The zero-order valence-corrected chi connectivity index (χ0v) is 17.2. The highest BCUT2D eigenvalue weighted by atomic mass is 35.5. The second-order valence-electron chi connectivity index (χ2n) is 5.92. The maximum atomic E-state index is 6.29. The summed E-state index contributed by atoms with van der Waals surface area (Å²) < 4.78 is 0. The summed E-state index contributed by atoms with van der Waals surface area (Å²) in [6, 6.07) is 3.31. The van der Waals surface area contributed by atoms with Gasteiger partial charge in [0.05, 0.1) is 15.7 Å². The van der Waals surface area contributed by atoms with E-state index in [1.165, 1.54) is 0 Å². The Morgan fingerprint density at radius 1 is 0.960 bits per heavy atom. The Labute approximate surface area is 164 Å². The number of aromatic nitrogens is 2. The van der Waals surface area contributed by atoms with Crippen molar-refractivity contribution in [2.75, 3.05) is 23.3 Å². The van der Waals surface area contributed by atoms with Gasteiger partial charge < -0.3 is 10.2 Å². The van der Waals surface area contributed by atoms with E-state index in [0.717, 1.165) is 37.3 Å². The van der Waals surface area contributed by atoms with E-state index in [1.807, 2.05) is 13.8 Å². The van der Waals surface area contributed by atoms with Crippen molar-refractivity contribution in [2.24, 2.45) is 0 Å². The van der Waals surface area contributed by atoms with Crippen molar-refractivity contribution < 1.29 is 0 Å². The van der Waals surface area contributed by atoms with Gasteiger partial charge in [-0.05, 0) is 38.8 Å². The largest absolute Gasteiger partial charge is 0.356 e. The molecule has 2 rings (SSSR count).